The molecule has 0 aromatic heterocycles. The van der Waals surface area contributed by atoms with Gasteiger partial charge in [-0.2, -0.15) is 0 Å². The van der Waals surface area contributed by atoms with E-state index in [-0.39, 0.29) is 11.6 Å². The van der Waals surface area contributed by atoms with Gasteiger partial charge < -0.3 is 19.3 Å². The number of amidine groups is 1. The number of carbonyl (C=O) groups excluding carboxylic acids is 1. The number of aliphatic imine (C=N–C) groups is 1. The third-order valence-corrected chi connectivity index (χ3v) is 6.09. The summed E-state index contributed by atoms with van der Waals surface area (Å²) in [5, 5.41) is 0. The molecule has 1 amide bonds. The number of hydrogen-bond donors (Lipinski definition) is 0. The maximum absolute atomic E-state index is 14.2. The molecule has 174 valence electrons. The molecular weight excluding hydrogens is 440 g/mol. The molecule has 34 heavy (non-hydrogen) atoms. The minimum absolute atomic E-state index is 0.133. The molecule has 1 atom stereocenters. The monoisotopic (exact) mass is 463 g/mol. The lowest BCUT2D eigenvalue weighted by Gasteiger charge is -2.41. The van der Waals surface area contributed by atoms with Gasteiger partial charge in [-0.15, -0.1) is 0 Å². The Balaban J connectivity index is 1.46. The second-order valence-electron chi connectivity index (χ2n) is 8.29. The molecule has 1 saturated heterocycles. The second-order valence-corrected chi connectivity index (χ2v) is 8.29. The van der Waals surface area contributed by atoms with Gasteiger partial charge in [-0.25, -0.2) is 13.8 Å². The van der Waals surface area contributed by atoms with Crippen LogP contribution in [0.25, 0.3) is 0 Å². The smallest absolute Gasteiger partial charge is 0.257 e. The maximum Gasteiger partial charge on any atom is 0.257 e. The van der Waals surface area contributed by atoms with E-state index in [0.717, 1.165) is 17.7 Å². The summed E-state index contributed by atoms with van der Waals surface area (Å²) in [7, 11) is 1.60. The number of fused-ring (bicyclic) bond motifs is 2. The van der Waals surface area contributed by atoms with E-state index in [2.05, 4.69) is 4.90 Å². The summed E-state index contributed by atoms with van der Waals surface area (Å²) >= 11 is 0. The summed E-state index contributed by atoms with van der Waals surface area (Å²) in [5.74, 6) is 0.669. The number of hydrogen-bond acceptors (Lipinski definition) is 5. The van der Waals surface area contributed by atoms with Crippen LogP contribution in [0.1, 0.15) is 22.8 Å². The van der Waals surface area contributed by atoms with Crippen molar-refractivity contribution in [3.63, 3.8) is 0 Å². The van der Waals surface area contributed by atoms with Crippen LogP contribution in [0.15, 0.2) is 65.7 Å². The molecule has 1 fully saturated rings. The SMILES string of the molecule is COc1ccc2c(c1)C(N1CCN(C(=O)c3ccc(F)cc3F)[C@H](C)C1)=Nc1ccccc1O2. The van der Waals surface area contributed by atoms with E-state index < -0.39 is 17.5 Å². The molecule has 8 heteroatoms. The molecule has 2 heterocycles. The predicted octanol–water partition coefficient (Wildman–Crippen LogP) is 5.00. The fraction of sp³-hybridized carbons (Fsp3) is 0.231. The van der Waals surface area contributed by atoms with Crippen LogP contribution in [0.3, 0.4) is 0 Å². The molecule has 2 aliphatic heterocycles. The average Bonchev–Trinajstić information content (AvgIpc) is 3.00. The number of methoxy groups -OCH3 is 1. The molecule has 0 aliphatic carbocycles. The van der Waals surface area contributed by atoms with Crippen LogP contribution in [0.4, 0.5) is 14.5 Å². The van der Waals surface area contributed by atoms with Crippen molar-refractivity contribution in [1.82, 2.24) is 9.80 Å². The van der Waals surface area contributed by atoms with Crippen LogP contribution in [0.5, 0.6) is 17.2 Å². The van der Waals surface area contributed by atoms with Crippen molar-refractivity contribution in [2.45, 2.75) is 13.0 Å². The zero-order valence-electron chi connectivity index (χ0n) is 18.8. The molecule has 3 aromatic rings. The lowest BCUT2D eigenvalue weighted by Crippen LogP contribution is -2.55. The molecule has 3 aromatic carbocycles. The number of piperazine rings is 1. The minimum atomic E-state index is -0.859. The van der Waals surface area contributed by atoms with E-state index in [9.17, 15) is 13.6 Å². The van der Waals surface area contributed by atoms with Crippen LogP contribution in [-0.2, 0) is 0 Å². The Morgan fingerprint density at radius 1 is 1.06 bits per heavy atom. The first-order chi connectivity index (χ1) is 16.4. The number of para-hydroxylation sites is 2. The lowest BCUT2D eigenvalue weighted by molar-refractivity contribution is 0.0576. The van der Waals surface area contributed by atoms with Crippen molar-refractivity contribution in [1.29, 1.82) is 0 Å². The molecule has 0 unspecified atom stereocenters. The number of benzene rings is 3. The number of rotatable bonds is 2. The van der Waals surface area contributed by atoms with Gasteiger partial charge in [-0.1, -0.05) is 12.1 Å². The molecule has 0 N–H and O–H groups in total. The Morgan fingerprint density at radius 2 is 1.88 bits per heavy atom. The summed E-state index contributed by atoms with van der Waals surface area (Å²) in [6.07, 6.45) is 0. The average molecular weight is 463 g/mol. The summed E-state index contributed by atoms with van der Waals surface area (Å²) in [5.41, 5.74) is 1.35. The standard InChI is InChI=1S/C26H23F2N3O3/c1-16-15-30(11-12-31(16)26(32)19-9-7-17(27)13-21(19)28)25-20-14-18(33-2)8-10-23(20)34-24-6-4-3-5-22(24)29-25/h3-10,13-14,16H,11-12,15H2,1-2H3/t16-/m1/s1. The van der Waals surface area contributed by atoms with Crippen LogP contribution >= 0.6 is 0 Å². The first-order valence-corrected chi connectivity index (χ1v) is 11.0. The topological polar surface area (TPSA) is 54.4 Å². The summed E-state index contributed by atoms with van der Waals surface area (Å²) in [6, 6.07) is 15.9. The van der Waals surface area contributed by atoms with Crippen molar-refractivity contribution in [2.24, 2.45) is 4.99 Å². The van der Waals surface area contributed by atoms with E-state index >= 15 is 0 Å². The molecule has 0 saturated carbocycles. The van der Waals surface area contributed by atoms with Gasteiger partial charge in [0, 0.05) is 31.7 Å². The highest BCUT2D eigenvalue weighted by Gasteiger charge is 2.33. The maximum atomic E-state index is 14.2. The van der Waals surface area contributed by atoms with Gasteiger partial charge in [0.1, 0.15) is 34.7 Å². The molecule has 2 aliphatic rings. The summed E-state index contributed by atoms with van der Waals surface area (Å²) in [4.78, 5) is 21.6. The molecule has 0 bridgehead atoms. The van der Waals surface area contributed by atoms with Gasteiger partial charge in [0.15, 0.2) is 5.75 Å². The third kappa shape index (κ3) is 3.96. The third-order valence-electron chi connectivity index (χ3n) is 6.09. The number of carbonyl (C=O) groups is 1. The summed E-state index contributed by atoms with van der Waals surface area (Å²) in [6.45, 7) is 3.22. The number of ether oxygens (including phenoxy) is 2. The van der Waals surface area contributed by atoms with Crippen molar-refractivity contribution in [2.75, 3.05) is 26.7 Å². The van der Waals surface area contributed by atoms with Gasteiger partial charge in [-0.05, 0) is 49.4 Å². The van der Waals surface area contributed by atoms with Crippen molar-refractivity contribution in [3.8, 4) is 17.2 Å². The minimum Gasteiger partial charge on any atom is -0.497 e. The highest BCUT2D eigenvalue weighted by Crippen LogP contribution is 2.39. The fourth-order valence-electron chi connectivity index (χ4n) is 4.34. The Bertz CT molecular complexity index is 1290. The highest BCUT2D eigenvalue weighted by molar-refractivity contribution is 6.04. The van der Waals surface area contributed by atoms with Gasteiger partial charge in [-0.3, -0.25) is 4.79 Å². The van der Waals surface area contributed by atoms with E-state index in [1.54, 1.807) is 12.0 Å². The van der Waals surface area contributed by atoms with Crippen LogP contribution in [-0.4, -0.2) is 54.3 Å². The van der Waals surface area contributed by atoms with Gasteiger partial charge in [0.2, 0.25) is 0 Å². The lowest BCUT2D eigenvalue weighted by atomic mass is 10.1. The van der Waals surface area contributed by atoms with Crippen molar-refractivity contribution in [3.05, 3.63) is 83.4 Å². The zero-order valence-corrected chi connectivity index (χ0v) is 18.8. The van der Waals surface area contributed by atoms with E-state index in [1.807, 2.05) is 49.4 Å². The van der Waals surface area contributed by atoms with Gasteiger partial charge >= 0.3 is 0 Å². The second kappa shape index (κ2) is 8.78. The quantitative estimate of drug-likeness (QED) is 0.537. The molecular formula is C26H23F2N3O3. The van der Waals surface area contributed by atoms with E-state index in [4.69, 9.17) is 14.5 Å². The van der Waals surface area contributed by atoms with Crippen molar-refractivity contribution < 1.29 is 23.0 Å². The Labute approximate surface area is 196 Å². The first kappa shape index (κ1) is 21.9. The van der Waals surface area contributed by atoms with E-state index in [0.29, 0.717) is 48.4 Å². The van der Waals surface area contributed by atoms with Crippen LogP contribution in [0.2, 0.25) is 0 Å². The van der Waals surface area contributed by atoms with Gasteiger partial charge in [0.25, 0.3) is 5.91 Å². The molecule has 0 radical (unpaired) electrons. The Kier molecular flexibility index (Phi) is 5.65. The summed E-state index contributed by atoms with van der Waals surface area (Å²) < 4.78 is 39.1. The van der Waals surface area contributed by atoms with Gasteiger partial charge in [0.05, 0.1) is 18.2 Å². The fourth-order valence-corrected chi connectivity index (χ4v) is 4.34. The van der Waals surface area contributed by atoms with Crippen LogP contribution < -0.4 is 9.47 Å². The number of amides is 1. The van der Waals surface area contributed by atoms with Crippen molar-refractivity contribution >= 4 is 17.4 Å². The highest BCUT2D eigenvalue weighted by atomic mass is 19.1. The molecule has 0 spiro atoms. The first-order valence-electron chi connectivity index (χ1n) is 11.0. The largest absolute Gasteiger partial charge is 0.497 e. The normalized spacial score (nSPS) is 17.2. The van der Waals surface area contributed by atoms with Crippen LogP contribution in [0, 0.1) is 11.6 Å². The molecule has 5 rings (SSSR count). The Hall–Kier alpha value is -3.94. The zero-order chi connectivity index (χ0) is 23.8. The number of nitrogens with zero attached hydrogens (tertiary/aromatic N) is 3. The number of halogens is 2. The van der Waals surface area contributed by atoms with E-state index in [1.165, 1.54) is 6.07 Å². The Morgan fingerprint density at radius 3 is 2.65 bits per heavy atom. The molecule has 6 nitrogen and oxygen atoms in total. The predicted molar refractivity (Wildman–Crippen MR) is 124 cm³/mol.